The largest absolute Gasteiger partial charge is 0.326 e. The summed E-state index contributed by atoms with van der Waals surface area (Å²) in [5, 5.41) is 0. The van der Waals surface area contributed by atoms with E-state index in [0.29, 0.717) is 12.6 Å². The van der Waals surface area contributed by atoms with E-state index in [1.54, 1.807) is 0 Å². The Morgan fingerprint density at radius 1 is 1.31 bits per heavy atom. The average molecular weight is 224 g/mol. The van der Waals surface area contributed by atoms with Crippen molar-refractivity contribution in [3.63, 3.8) is 0 Å². The van der Waals surface area contributed by atoms with Gasteiger partial charge < -0.3 is 5.73 Å². The lowest BCUT2D eigenvalue weighted by Gasteiger charge is -2.25. The van der Waals surface area contributed by atoms with E-state index in [0.717, 1.165) is 24.2 Å². The van der Waals surface area contributed by atoms with Gasteiger partial charge in [0.15, 0.2) is 0 Å². The predicted molar refractivity (Wildman–Crippen MR) is 65.5 cm³/mol. The second-order valence-corrected chi connectivity index (χ2v) is 4.27. The fourth-order valence-corrected chi connectivity index (χ4v) is 1.82. The summed E-state index contributed by atoms with van der Waals surface area (Å²) in [6.07, 6.45) is 0. The van der Waals surface area contributed by atoms with E-state index in [1.165, 1.54) is 12.1 Å². The SMILES string of the molecule is CCN(Cc1ccc(F)cc1CN)C(C)C. The Balaban J connectivity index is 2.87. The van der Waals surface area contributed by atoms with Crippen LogP contribution < -0.4 is 5.73 Å². The van der Waals surface area contributed by atoms with E-state index >= 15 is 0 Å². The Bertz CT molecular complexity index is 337. The molecule has 3 heteroatoms. The zero-order valence-corrected chi connectivity index (χ0v) is 10.3. The Kier molecular flexibility index (Phi) is 4.90. The second-order valence-electron chi connectivity index (χ2n) is 4.27. The molecule has 1 aromatic rings. The molecule has 1 rings (SSSR count). The molecule has 2 N–H and O–H groups in total. The number of rotatable bonds is 5. The molecule has 0 saturated carbocycles. The van der Waals surface area contributed by atoms with Crippen molar-refractivity contribution in [2.24, 2.45) is 5.73 Å². The summed E-state index contributed by atoms with van der Waals surface area (Å²) >= 11 is 0. The quantitative estimate of drug-likeness (QED) is 0.832. The van der Waals surface area contributed by atoms with E-state index in [9.17, 15) is 4.39 Å². The van der Waals surface area contributed by atoms with Crippen LogP contribution in [0, 0.1) is 5.82 Å². The molecule has 0 radical (unpaired) electrons. The van der Waals surface area contributed by atoms with E-state index in [1.807, 2.05) is 6.07 Å². The standard InChI is InChI=1S/C13H21FN2/c1-4-16(10(2)3)9-11-5-6-13(14)7-12(11)8-15/h5-7,10H,4,8-9,15H2,1-3H3. The van der Waals surface area contributed by atoms with Crippen LogP contribution in [-0.4, -0.2) is 17.5 Å². The number of halogens is 1. The molecule has 0 bridgehead atoms. The van der Waals surface area contributed by atoms with Gasteiger partial charge in [-0.15, -0.1) is 0 Å². The Morgan fingerprint density at radius 2 is 2.00 bits per heavy atom. The minimum absolute atomic E-state index is 0.211. The Hall–Kier alpha value is -0.930. The topological polar surface area (TPSA) is 29.3 Å². The lowest BCUT2D eigenvalue weighted by Crippen LogP contribution is -2.30. The molecule has 2 nitrogen and oxygen atoms in total. The number of benzene rings is 1. The lowest BCUT2D eigenvalue weighted by atomic mass is 10.1. The fraction of sp³-hybridized carbons (Fsp3) is 0.538. The third kappa shape index (κ3) is 3.29. The van der Waals surface area contributed by atoms with Crippen LogP contribution in [0.2, 0.25) is 0 Å². The summed E-state index contributed by atoms with van der Waals surface area (Å²) < 4.78 is 13.0. The molecule has 90 valence electrons. The van der Waals surface area contributed by atoms with Crippen LogP contribution in [0.4, 0.5) is 4.39 Å². The second kappa shape index (κ2) is 5.97. The van der Waals surface area contributed by atoms with Crippen LogP contribution in [-0.2, 0) is 13.1 Å². The maximum Gasteiger partial charge on any atom is 0.123 e. The van der Waals surface area contributed by atoms with Gasteiger partial charge >= 0.3 is 0 Å². The highest BCUT2D eigenvalue weighted by molar-refractivity contribution is 5.27. The zero-order chi connectivity index (χ0) is 12.1. The van der Waals surface area contributed by atoms with Gasteiger partial charge in [-0.25, -0.2) is 4.39 Å². The van der Waals surface area contributed by atoms with E-state index in [-0.39, 0.29) is 5.82 Å². The van der Waals surface area contributed by atoms with Gasteiger partial charge in [0, 0.05) is 19.1 Å². The molecule has 0 aliphatic heterocycles. The highest BCUT2D eigenvalue weighted by Crippen LogP contribution is 2.14. The molecule has 0 fully saturated rings. The summed E-state index contributed by atoms with van der Waals surface area (Å²) in [5.74, 6) is -0.211. The zero-order valence-electron chi connectivity index (χ0n) is 10.3. The molecule has 0 saturated heterocycles. The molecular weight excluding hydrogens is 203 g/mol. The maximum absolute atomic E-state index is 13.0. The maximum atomic E-state index is 13.0. The van der Waals surface area contributed by atoms with E-state index in [2.05, 4.69) is 25.7 Å². The summed E-state index contributed by atoms with van der Waals surface area (Å²) in [7, 11) is 0. The summed E-state index contributed by atoms with van der Waals surface area (Å²) in [6.45, 7) is 8.67. The van der Waals surface area contributed by atoms with Gasteiger partial charge in [0.25, 0.3) is 0 Å². The third-order valence-corrected chi connectivity index (χ3v) is 2.90. The van der Waals surface area contributed by atoms with E-state index in [4.69, 9.17) is 5.73 Å². The monoisotopic (exact) mass is 224 g/mol. The predicted octanol–water partition coefficient (Wildman–Crippen LogP) is 2.51. The Labute approximate surface area is 97.3 Å². The molecule has 0 heterocycles. The third-order valence-electron chi connectivity index (χ3n) is 2.90. The number of hydrogen-bond acceptors (Lipinski definition) is 2. The first-order valence-corrected chi connectivity index (χ1v) is 5.79. The first-order chi connectivity index (χ1) is 7.58. The van der Waals surface area contributed by atoms with Gasteiger partial charge in [-0.2, -0.15) is 0 Å². The number of hydrogen-bond donors (Lipinski definition) is 1. The van der Waals surface area contributed by atoms with Crippen LogP contribution in [0.25, 0.3) is 0 Å². The molecule has 16 heavy (non-hydrogen) atoms. The van der Waals surface area contributed by atoms with Gasteiger partial charge in [-0.1, -0.05) is 13.0 Å². The molecule has 0 atom stereocenters. The van der Waals surface area contributed by atoms with Crippen molar-refractivity contribution in [2.75, 3.05) is 6.54 Å². The average Bonchev–Trinajstić information content (AvgIpc) is 2.26. The molecule has 0 aromatic heterocycles. The smallest absolute Gasteiger partial charge is 0.123 e. The van der Waals surface area contributed by atoms with E-state index < -0.39 is 0 Å². The Morgan fingerprint density at radius 3 is 2.50 bits per heavy atom. The van der Waals surface area contributed by atoms with Crippen molar-refractivity contribution < 1.29 is 4.39 Å². The molecule has 0 unspecified atom stereocenters. The highest BCUT2D eigenvalue weighted by Gasteiger charge is 2.10. The van der Waals surface area contributed by atoms with Crippen molar-refractivity contribution in [3.8, 4) is 0 Å². The number of nitrogens with two attached hydrogens (primary N) is 1. The van der Waals surface area contributed by atoms with Gasteiger partial charge in [0.1, 0.15) is 5.82 Å². The van der Waals surface area contributed by atoms with Crippen molar-refractivity contribution >= 4 is 0 Å². The summed E-state index contributed by atoms with van der Waals surface area (Å²) in [6, 6.07) is 5.36. The van der Waals surface area contributed by atoms with Crippen molar-refractivity contribution in [1.82, 2.24) is 4.90 Å². The van der Waals surface area contributed by atoms with Crippen molar-refractivity contribution in [3.05, 3.63) is 35.1 Å². The van der Waals surface area contributed by atoms with Crippen molar-refractivity contribution in [2.45, 2.75) is 39.9 Å². The molecule has 0 aliphatic carbocycles. The van der Waals surface area contributed by atoms with Crippen LogP contribution in [0.15, 0.2) is 18.2 Å². The van der Waals surface area contributed by atoms with Crippen molar-refractivity contribution in [1.29, 1.82) is 0 Å². The minimum atomic E-state index is -0.211. The lowest BCUT2D eigenvalue weighted by molar-refractivity contribution is 0.224. The van der Waals surface area contributed by atoms with Gasteiger partial charge in [-0.05, 0) is 43.7 Å². The van der Waals surface area contributed by atoms with Crippen LogP contribution in [0.5, 0.6) is 0 Å². The summed E-state index contributed by atoms with van der Waals surface area (Å²) in [5.41, 5.74) is 7.65. The normalized spacial score (nSPS) is 11.4. The molecule has 0 aliphatic rings. The minimum Gasteiger partial charge on any atom is -0.326 e. The first-order valence-electron chi connectivity index (χ1n) is 5.79. The first kappa shape index (κ1) is 13.1. The molecule has 0 spiro atoms. The van der Waals surface area contributed by atoms with Gasteiger partial charge in [0.2, 0.25) is 0 Å². The van der Waals surface area contributed by atoms with Crippen LogP contribution in [0.3, 0.4) is 0 Å². The van der Waals surface area contributed by atoms with Crippen LogP contribution >= 0.6 is 0 Å². The van der Waals surface area contributed by atoms with Gasteiger partial charge in [-0.3, -0.25) is 4.90 Å². The molecular formula is C13H21FN2. The van der Waals surface area contributed by atoms with Crippen LogP contribution in [0.1, 0.15) is 31.9 Å². The summed E-state index contributed by atoms with van der Waals surface area (Å²) in [4.78, 5) is 2.33. The molecule has 1 aromatic carbocycles. The highest BCUT2D eigenvalue weighted by atomic mass is 19.1. The van der Waals surface area contributed by atoms with Gasteiger partial charge in [0.05, 0.1) is 0 Å². The fourth-order valence-electron chi connectivity index (χ4n) is 1.82. The molecule has 0 amide bonds. The number of nitrogens with zero attached hydrogens (tertiary/aromatic N) is 1.